The highest BCUT2D eigenvalue weighted by Crippen LogP contribution is 2.43. The number of unbranched alkanes of at least 4 members (excludes halogenated alkanes) is 36. The summed E-state index contributed by atoms with van der Waals surface area (Å²) in [6.45, 7) is 4.18. The monoisotopic (exact) mass is 843 g/mol. The Balaban J connectivity index is 4.07. The zero-order valence-corrected chi connectivity index (χ0v) is 39.5. The minimum Gasteiger partial charge on any atom is -0.387 e. The van der Waals surface area contributed by atoms with E-state index in [-0.39, 0.29) is 25.7 Å². The SMILES string of the molecule is CCCCCCCCCCCCCCCCCCC/C=C/C(O)C(COP(=O)(O)OCCN)NC(=O)CCCCCCCCCCCCCCCCCCCCCC. The van der Waals surface area contributed by atoms with Crippen LogP contribution in [-0.4, -0.2) is 47.8 Å². The molecule has 3 atom stereocenters. The predicted octanol–water partition coefficient (Wildman–Crippen LogP) is 14.7. The van der Waals surface area contributed by atoms with Crippen molar-refractivity contribution in [1.29, 1.82) is 0 Å². The molecule has 346 valence electrons. The van der Waals surface area contributed by atoms with E-state index in [9.17, 15) is 19.4 Å². The summed E-state index contributed by atoms with van der Waals surface area (Å²) in [5.41, 5.74) is 5.39. The van der Waals surface area contributed by atoms with Crippen molar-refractivity contribution in [3.8, 4) is 0 Å². The number of amides is 1. The standard InChI is InChI=1S/C49H99N2O6P/c1-3-5-7-9-11-13-15-17-19-21-23-25-27-29-31-33-35-37-39-41-43-49(53)51-47(46-57-58(54,55)56-45-44-50)48(52)42-40-38-36-34-32-30-28-26-24-22-20-18-16-14-12-10-8-6-4-2/h40,42,47-48,52H,3-39,41,43-46,50H2,1-2H3,(H,51,53)(H,54,55)/b42-40+. The molecule has 9 heteroatoms. The van der Waals surface area contributed by atoms with Gasteiger partial charge in [-0.1, -0.05) is 251 Å². The summed E-state index contributed by atoms with van der Waals surface area (Å²) < 4.78 is 22.2. The molecule has 0 fully saturated rings. The van der Waals surface area contributed by atoms with Gasteiger partial charge in [0, 0.05) is 13.0 Å². The fraction of sp³-hybridized carbons (Fsp3) is 0.939. The lowest BCUT2D eigenvalue weighted by molar-refractivity contribution is -0.123. The fourth-order valence-corrected chi connectivity index (χ4v) is 8.54. The molecule has 58 heavy (non-hydrogen) atoms. The van der Waals surface area contributed by atoms with Gasteiger partial charge < -0.3 is 21.1 Å². The number of allylic oxidation sites excluding steroid dienone is 1. The van der Waals surface area contributed by atoms with Crippen molar-refractivity contribution in [3.05, 3.63) is 12.2 Å². The average molecular weight is 843 g/mol. The molecule has 1 amide bonds. The van der Waals surface area contributed by atoms with Crippen LogP contribution in [0.25, 0.3) is 0 Å². The third kappa shape index (κ3) is 43.3. The van der Waals surface area contributed by atoms with Crippen molar-refractivity contribution in [2.75, 3.05) is 19.8 Å². The molecule has 0 rings (SSSR count). The first-order valence-electron chi connectivity index (χ1n) is 25.3. The van der Waals surface area contributed by atoms with E-state index >= 15 is 0 Å². The fourth-order valence-electron chi connectivity index (χ4n) is 7.78. The third-order valence-electron chi connectivity index (χ3n) is 11.6. The zero-order valence-electron chi connectivity index (χ0n) is 38.6. The topological polar surface area (TPSA) is 131 Å². The smallest absolute Gasteiger partial charge is 0.387 e. The highest BCUT2D eigenvalue weighted by atomic mass is 31.2. The molecule has 0 bridgehead atoms. The summed E-state index contributed by atoms with van der Waals surface area (Å²) in [5.74, 6) is -0.188. The first-order chi connectivity index (χ1) is 28.4. The normalized spacial score (nSPS) is 13.9. The molecule has 3 unspecified atom stereocenters. The van der Waals surface area contributed by atoms with E-state index in [0.717, 1.165) is 38.5 Å². The van der Waals surface area contributed by atoms with Crippen LogP contribution in [0.15, 0.2) is 12.2 Å². The Labute approximate surface area is 360 Å². The van der Waals surface area contributed by atoms with E-state index in [1.807, 2.05) is 6.08 Å². The molecular formula is C49H99N2O6P. The first kappa shape index (κ1) is 57.2. The number of aliphatic hydroxyl groups excluding tert-OH is 1. The van der Waals surface area contributed by atoms with Gasteiger partial charge in [0.05, 0.1) is 25.4 Å². The Morgan fingerprint density at radius 2 is 0.879 bits per heavy atom. The summed E-state index contributed by atoms with van der Waals surface area (Å²) in [7, 11) is -4.34. The van der Waals surface area contributed by atoms with Crippen LogP contribution < -0.4 is 11.1 Å². The number of rotatable bonds is 48. The number of carbonyl (C=O) groups excluding carboxylic acids is 1. The van der Waals surface area contributed by atoms with E-state index < -0.39 is 20.0 Å². The molecule has 8 nitrogen and oxygen atoms in total. The van der Waals surface area contributed by atoms with Crippen molar-refractivity contribution >= 4 is 13.7 Å². The summed E-state index contributed by atoms with van der Waals surface area (Å²) in [5, 5.41) is 13.7. The Morgan fingerprint density at radius 1 is 0.552 bits per heavy atom. The van der Waals surface area contributed by atoms with Crippen LogP contribution >= 0.6 is 7.82 Å². The molecule has 0 aliphatic carbocycles. The number of carbonyl (C=O) groups is 1. The van der Waals surface area contributed by atoms with Crippen LogP contribution in [0.1, 0.15) is 264 Å². The number of phosphoric acid groups is 1. The highest BCUT2D eigenvalue weighted by molar-refractivity contribution is 7.47. The molecule has 0 aromatic carbocycles. The van der Waals surface area contributed by atoms with Crippen LogP contribution in [0.4, 0.5) is 0 Å². The van der Waals surface area contributed by atoms with Crippen molar-refractivity contribution in [2.24, 2.45) is 5.73 Å². The minimum absolute atomic E-state index is 0.0817. The molecule has 0 saturated carbocycles. The van der Waals surface area contributed by atoms with E-state index in [0.29, 0.717) is 6.42 Å². The van der Waals surface area contributed by atoms with Gasteiger partial charge in [0.1, 0.15) is 0 Å². The molecule has 0 saturated heterocycles. The number of aliphatic hydroxyl groups is 1. The second kappa shape index (κ2) is 45.8. The Morgan fingerprint density at radius 3 is 1.22 bits per heavy atom. The number of phosphoric ester groups is 1. The maximum Gasteiger partial charge on any atom is 0.472 e. The largest absolute Gasteiger partial charge is 0.472 e. The number of hydrogen-bond acceptors (Lipinski definition) is 6. The summed E-state index contributed by atoms with van der Waals surface area (Å²) in [4.78, 5) is 22.8. The lowest BCUT2D eigenvalue weighted by atomic mass is 10.0. The Kier molecular flexibility index (Phi) is 45.2. The minimum atomic E-state index is -4.34. The third-order valence-corrected chi connectivity index (χ3v) is 12.6. The van der Waals surface area contributed by atoms with Gasteiger partial charge in [-0.3, -0.25) is 13.8 Å². The van der Waals surface area contributed by atoms with Crippen molar-refractivity contribution in [1.82, 2.24) is 5.32 Å². The van der Waals surface area contributed by atoms with Crippen LogP contribution in [0, 0.1) is 0 Å². The van der Waals surface area contributed by atoms with E-state index in [1.54, 1.807) is 6.08 Å². The van der Waals surface area contributed by atoms with Gasteiger partial charge in [-0.25, -0.2) is 4.57 Å². The van der Waals surface area contributed by atoms with Crippen LogP contribution in [0.2, 0.25) is 0 Å². The summed E-state index contributed by atoms with van der Waals surface area (Å²) >= 11 is 0. The van der Waals surface area contributed by atoms with Gasteiger partial charge in [-0.15, -0.1) is 0 Å². The molecule has 0 radical (unpaired) electrons. The van der Waals surface area contributed by atoms with Gasteiger partial charge >= 0.3 is 7.82 Å². The summed E-state index contributed by atoms with van der Waals surface area (Å²) in [6.07, 6.45) is 52.7. The maximum absolute atomic E-state index is 12.8. The van der Waals surface area contributed by atoms with Crippen molar-refractivity contribution in [3.63, 3.8) is 0 Å². The van der Waals surface area contributed by atoms with Crippen LogP contribution in [0.3, 0.4) is 0 Å². The highest BCUT2D eigenvalue weighted by Gasteiger charge is 2.26. The molecule has 5 N–H and O–H groups in total. The molecule has 0 spiro atoms. The summed E-state index contributed by atoms with van der Waals surface area (Å²) in [6, 6.07) is -0.855. The zero-order chi connectivity index (χ0) is 42.5. The van der Waals surface area contributed by atoms with Crippen molar-refractivity contribution in [2.45, 2.75) is 276 Å². The second-order valence-electron chi connectivity index (χ2n) is 17.4. The number of nitrogens with one attached hydrogen (secondary N) is 1. The first-order valence-corrected chi connectivity index (χ1v) is 26.8. The van der Waals surface area contributed by atoms with Crippen molar-refractivity contribution < 1.29 is 28.4 Å². The molecule has 0 aromatic rings. The lowest BCUT2D eigenvalue weighted by Crippen LogP contribution is -2.45. The molecule has 0 aliphatic rings. The maximum atomic E-state index is 12.8. The van der Waals surface area contributed by atoms with Gasteiger partial charge in [0.25, 0.3) is 0 Å². The second-order valence-corrected chi connectivity index (χ2v) is 18.8. The molecular weight excluding hydrogens is 744 g/mol. The van der Waals surface area contributed by atoms with Crippen LogP contribution in [0.5, 0.6) is 0 Å². The predicted molar refractivity (Wildman–Crippen MR) is 249 cm³/mol. The van der Waals surface area contributed by atoms with Gasteiger partial charge in [0.15, 0.2) is 0 Å². The lowest BCUT2D eigenvalue weighted by Gasteiger charge is -2.23. The van der Waals surface area contributed by atoms with Gasteiger partial charge in [-0.05, 0) is 19.3 Å². The van der Waals surface area contributed by atoms with Crippen LogP contribution in [-0.2, 0) is 18.4 Å². The van der Waals surface area contributed by atoms with Gasteiger partial charge in [0.2, 0.25) is 5.91 Å². The quantitative estimate of drug-likeness (QED) is 0.0272. The number of nitrogens with two attached hydrogens (primary N) is 1. The molecule has 0 heterocycles. The van der Waals surface area contributed by atoms with E-state index in [4.69, 9.17) is 14.8 Å². The van der Waals surface area contributed by atoms with E-state index in [1.165, 1.54) is 205 Å². The molecule has 0 aromatic heterocycles. The van der Waals surface area contributed by atoms with E-state index in [2.05, 4.69) is 19.2 Å². The Hall–Kier alpha value is -0.760. The average Bonchev–Trinajstić information content (AvgIpc) is 3.21. The molecule has 0 aliphatic heterocycles. The number of hydrogen-bond donors (Lipinski definition) is 4. The van der Waals surface area contributed by atoms with Gasteiger partial charge in [-0.2, -0.15) is 0 Å². The Bertz CT molecular complexity index is 922.